The third-order valence-corrected chi connectivity index (χ3v) is 1.56. The fraction of sp³-hybridized carbons (Fsp3) is 0.286. The molecule has 0 amide bonds. The van der Waals surface area contributed by atoms with E-state index >= 15 is 0 Å². The maximum absolute atomic E-state index is 10.6. The first kappa shape index (κ1) is 8.45. The van der Waals surface area contributed by atoms with E-state index < -0.39 is 12.0 Å². The van der Waals surface area contributed by atoms with Crippen LogP contribution < -0.4 is 11.1 Å². The van der Waals surface area contributed by atoms with Crippen LogP contribution >= 0.6 is 0 Å². The quantitative estimate of drug-likeness (QED) is 0.514. The van der Waals surface area contributed by atoms with Crippen LogP contribution in [0.2, 0.25) is 0 Å². The zero-order chi connectivity index (χ0) is 9.14. The van der Waals surface area contributed by atoms with Gasteiger partial charge >= 0.3 is 5.97 Å². The zero-order valence-electron chi connectivity index (χ0n) is 6.57. The minimum absolute atomic E-state index is 0.188. The van der Waals surface area contributed by atoms with Gasteiger partial charge in [0, 0.05) is 6.20 Å². The number of ether oxygens (including phenoxy) is 1. The lowest BCUT2D eigenvalue weighted by Crippen LogP contribution is -2.40. The Morgan fingerprint density at radius 1 is 1.83 bits per heavy atom. The SMILES string of the molecule is COC1=C(N)C(C(=O)O)NC=C1. The molecule has 0 aromatic rings. The zero-order valence-corrected chi connectivity index (χ0v) is 6.57. The van der Waals surface area contributed by atoms with Crippen molar-refractivity contribution in [1.29, 1.82) is 0 Å². The predicted molar refractivity (Wildman–Crippen MR) is 41.9 cm³/mol. The van der Waals surface area contributed by atoms with Crippen LogP contribution in [-0.2, 0) is 9.53 Å². The lowest BCUT2D eigenvalue weighted by atomic mass is 10.1. The van der Waals surface area contributed by atoms with Gasteiger partial charge in [0.2, 0.25) is 0 Å². The van der Waals surface area contributed by atoms with Crippen molar-refractivity contribution < 1.29 is 14.6 Å². The summed E-state index contributed by atoms with van der Waals surface area (Å²) in [6.07, 6.45) is 3.07. The van der Waals surface area contributed by atoms with Gasteiger partial charge in [0.25, 0.3) is 0 Å². The van der Waals surface area contributed by atoms with Crippen LogP contribution in [0.25, 0.3) is 0 Å². The van der Waals surface area contributed by atoms with Crippen molar-refractivity contribution in [3.63, 3.8) is 0 Å². The molecule has 0 radical (unpaired) electrons. The monoisotopic (exact) mass is 170 g/mol. The van der Waals surface area contributed by atoms with Crippen LogP contribution in [0.3, 0.4) is 0 Å². The Morgan fingerprint density at radius 2 is 2.50 bits per heavy atom. The Bertz CT molecular complexity index is 257. The summed E-state index contributed by atoms with van der Waals surface area (Å²) in [6.45, 7) is 0. The second-order valence-corrected chi connectivity index (χ2v) is 2.29. The summed E-state index contributed by atoms with van der Waals surface area (Å²) in [7, 11) is 1.44. The molecular weight excluding hydrogens is 160 g/mol. The number of nitrogens with one attached hydrogen (secondary N) is 1. The number of carboxylic acid groups (broad SMARTS) is 1. The fourth-order valence-electron chi connectivity index (χ4n) is 0.938. The second kappa shape index (κ2) is 3.17. The minimum atomic E-state index is -1.02. The minimum Gasteiger partial charge on any atom is -0.495 e. The van der Waals surface area contributed by atoms with E-state index in [1.165, 1.54) is 13.3 Å². The highest BCUT2D eigenvalue weighted by molar-refractivity contribution is 5.78. The first-order chi connectivity index (χ1) is 5.66. The van der Waals surface area contributed by atoms with Crippen LogP contribution in [0.15, 0.2) is 23.7 Å². The molecule has 1 heterocycles. The molecule has 0 bridgehead atoms. The number of carboxylic acids is 1. The van der Waals surface area contributed by atoms with Crippen LogP contribution in [0.4, 0.5) is 0 Å². The Labute approximate surface area is 69.5 Å². The van der Waals surface area contributed by atoms with Gasteiger partial charge in [0.15, 0.2) is 6.04 Å². The van der Waals surface area contributed by atoms with E-state index in [0.717, 1.165) is 0 Å². The molecule has 66 valence electrons. The summed E-state index contributed by atoms with van der Waals surface area (Å²) in [6, 6.07) is -0.884. The Balaban J connectivity index is 2.91. The van der Waals surface area contributed by atoms with Crippen molar-refractivity contribution in [3.8, 4) is 0 Å². The maximum atomic E-state index is 10.6. The molecule has 1 atom stereocenters. The van der Waals surface area contributed by atoms with Crippen LogP contribution in [0.1, 0.15) is 0 Å². The molecule has 0 aromatic heterocycles. The molecule has 5 nitrogen and oxygen atoms in total. The number of rotatable bonds is 2. The summed E-state index contributed by atoms with van der Waals surface area (Å²) in [5.41, 5.74) is 5.68. The molecule has 0 spiro atoms. The van der Waals surface area contributed by atoms with E-state index in [1.807, 2.05) is 0 Å². The van der Waals surface area contributed by atoms with E-state index in [0.29, 0.717) is 5.76 Å². The van der Waals surface area contributed by atoms with E-state index in [9.17, 15) is 4.79 Å². The van der Waals surface area contributed by atoms with Gasteiger partial charge in [0.05, 0.1) is 12.8 Å². The highest BCUT2D eigenvalue weighted by atomic mass is 16.5. The van der Waals surface area contributed by atoms with Gasteiger partial charge in [-0.15, -0.1) is 0 Å². The van der Waals surface area contributed by atoms with Gasteiger partial charge in [-0.1, -0.05) is 0 Å². The highest BCUT2D eigenvalue weighted by Crippen LogP contribution is 2.10. The van der Waals surface area contributed by atoms with E-state index in [4.69, 9.17) is 15.6 Å². The molecule has 0 saturated heterocycles. The smallest absolute Gasteiger partial charge is 0.332 e. The number of aliphatic carboxylic acids is 1. The summed E-state index contributed by atoms with van der Waals surface area (Å²) in [4.78, 5) is 10.6. The molecule has 0 aliphatic carbocycles. The second-order valence-electron chi connectivity index (χ2n) is 2.29. The number of allylic oxidation sites excluding steroid dienone is 1. The average Bonchev–Trinajstić information content (AvgIpc) is 2.04. The standard InChI is InChI=1S/C7H10N2O3/c1-12-4-2-3-9-6(5(4)8)7(10)11/h2-3,6,9H,8H2,1H3,(H,10,11). The van der Waals surface area contributed by atoms with Crippen molar-refractivity contribution in [2.45, 2.75) is 6.04 Å². The molecule has 0 fully saturated rings. The molecule has 5 heteroatoms. The van der Waals surface area contributed by atoms with Crippen LogP contribution in [0, 0.1) is 0 Å². The number of dihydropyridines is 1. The number of carbonyl (C=O) groups is 1. The molecule has 1 unspecified atom stereocenters. The molecular formula is C7H10N2O3. The molecule has 1 aliphatic heterocycles. The number of hydrogen-bond donors (Lipinski definition) is 3. The molecule has 0 saturated carbocycles. The summed E-state index contributed by atoms with van der Waals surface area (Å²) >= 11 is 0. The van der Waals surface area contributed by atoms with Crippen molar-refractivity contribution >= 4 is 5.97 Å². The third-order valence-electron chi connectivity index (χ3n) is 1.56. The molecule has 12 heavy (non-hydrogen) atoms. The summed E-state index contributed by atoms with van der Waals surface area (Å²) in [5, 5.41) is 11.2. The lowest BCUT2D eigenvalue weighted by Gasteiger charge is -2.19. The van der Waals surface area contributed by atoms with Crippen molar-refractivity contribution in [2.75, 3.05) is 7.11 Å². The van der Waals surface area contributed by atoms with Crippen molar-refractivity contribution in [2.24, 2.45) is 5.73 Å². The predicted octanol–water partition coefficient (Wildman–Crippen LogP) is -0.627. The molecule has 0 aromatic carbocycles. The van der Waals surface area contributed by atoms with Gasteiger partial charge in [0.1, 0.15) is 5.76 Å². The average molecular weight is 170 g/mol. The van der Waals surface area contributed by atoms with Crippen molar-refractivity contribution in [3.05, 3.63) is 23.7 Å². The van der Waals surface area contributed by atoms with Gasteiger partial charge in [-0.05, 0) is 6.08 Å². The van der Waals surface area contributed by atoms with E-state index in [1.54, 1.807) is 6.08 Å². The topological polar surface area (TPSA) is 84.6 Å². The highest BCUT2D eigenvalue weighted by Gasteiger charge is 2.24. The first-order valence-corrected chi connectivity index (χ1v) is 3.36. The van der Waals surface area contributed by atoms with Gasteiger partial charge in [-0.2, -0.15) is 0 Å². The number of methoxy groups -OCH3 is 1. The van der Waals surface area contributed by atoms with Crippen LogP contribution in [0.5, 0.6) is 0 Å². The summed E-state index contributed by atoms with van der Waals surface area (Å²) in [5.74, 6) is -0.632. The third kappa shape index (κ3) is 1.34. The number of nitrogens with two attached hydrogens (primary N) is 1. The maximum Gasteiger partial charge on any atom is 0.332 e. The fourth-order valence-corrected chi connectivity index (χ4v) is 0.938. The Kier molecular flexibility index (Phi) is 2.23. The Morgan fingerprint density at radius 3 is 3.00 bits per heavy atom. The van der Waals surface area contributed by atoms with E-state index in [2.05, 4.69) is 5.32 Å². The van der Waals surface area contributed by atoms with Gasteiger partial charge in [-0.25, -0.2) is 4.79 Å². The largest absolute Gasteiger partial charge is 0.495 e. The molecule has 1 rings (SSSR count). The normalized spacial score (nSPS) is 21.9. The van der Waals surface area contributed by atoms with Crippen LogP contribution in [-0.4, -0.2) is 24.2 Å². The summed E-state index contributed by atoms with van der Waals surface area (Å²) < 4.78 is 4.85. The van der Waals surface area contributed by atoms with Crippen molar-refractivity contribution in [1.82, 2.24) is 5.32 Å². The lowest BCUT2D eigenvalue weighted by molar-refractivity contribution is -0.138. The number of hydrogen-bond acceptors (Lipinski definition) is 4. The molecule has 1 aliphatic rings. The van der Waals surface area contributed by atoms with E-state index in [-0.39, 0.29) is 5.70 Å². The first-order valence-electron chi connectivity index (χ1n) is 3.36. The van der Waals surface area contributed by atoms with Gasteiger partial charge in [-0.3, -0.25) is 0 Å². The molecule has 4 N–H and O–H groups in total. The van der Waals surface area contributed by atoms with Gasteiger partial charge < -0.3 is 20.9 Å². The Hall–Kier alpha value is -1.65.